The smallest absolute Gasteiger partial charge is 0.159 e. The van der Waals surface area contributed by atoms with Crippen LogP contribution >= 0.6 is 0 Å². The van der Waals surface area contributed by atoms with Crippen LogP contribution in [0.3, 0.4) is 0 Å². The fourth-order valence-electron chi connectivity index (χ4n) is 2.69. The molecule has 0 aliphatic carbocycles. The summed E-state index contributed by atoms with van der Waals surface area (Å²) in [7, 11) is 1.93. The number of aliphatic hydroxyl groups excluding tert-OH is 1. The van der Waals surface area contributed by atoms with Crippen LogP contribution < -0.4 is 0 Å². The molecular formula is C19H29F2NO. The molecule has 2 nitrogen and oxygen atoms in total. The maximum absolute atomic E-state index is 13.0. The number of allylic oxidation sites excluding steroid dienone is 1. The van der Waals surface area contributed by atoms with Crippen molar-refractivity contribution < 1.29 is 13.9 Å². The van der Waals surface area contributed by atoms with Crippen LogP contribution in [0.15, 0.2) is 30.9 Å². The van der Waals surface area contributed by atoms with E-state index < -0.39 is 17.7 Å². The fourth-order valence-corrected chi connectivity index (χ4v) is 2.69. The SMILES string of the molecule is C=CCC(C)(C)C.CN1CCCC1C(O)c1ccc(F)c(F)c1. The number of likely N-dealkylation sites (tertiary alicyclic amines) is 1. The van der Waals surface area contributed by atoms with Crippen LogP contribution in [-0.2, 0) is 0 Å². The summed E-state index contributed by atoms with van der Waals surface area (Å²) >= 11 is 0. The minimum absolute atomic E-state index is 0.00450. The van der Waals surface area contributed by atoms with Gasteiger partial charge in [0.05, 0.1) is 6.10 Å². The Balaban J connectivity index is 0.000000322. The second-order valence-electron chi connectivity index (χ2n) is 7.36. The average Bonchev–Trinajstić information content (AvgIpc) is 2.86. The molecule has 1 saturated heterocycles. The molecule has 0 amide bonds. The number of likely N-dealkylation sites (N-methyl/N-ethyl adjacent to an activating group) is 1. The lowest BCUT2D eigenvalue weighted by Crippen LogP contribution is -2.31. The molecular weight excluding hydrogens is 296 g/mol. The molecule has 130 valence electrons. The number of aliphatic hydroxyl groups is 1. The minimum Gasteiger partial charge on any atom is -0.387 e. The first-order valence-electron chi connectivity index (χ1n) is 8.10. The van der Waals surface area contributed by atoms with E-state index in [4.69, 9.17) is 0 Å². The van der Waals surface area contributed by atoms with Crippen molar-refractivity contribution in [1.82, 2.24) is 4.90 Å². The predicted molar refractivity (Wildman–Crippen MR) is 91.2 cm³/mol. The Labute approximate surface area is 138 Å². The van der Waals surface area contributed by atoms with Crippen LogP contribution in [0.2, 0.25) is 0 Å². The van der Waals surface area contributed by atoms with Crippen LogP contribution in [0.25, 0.3) is 0 Å². The van der Waals surface area contributed by atoms with Crippen LogP contribution in [0.5, 0.6) is 0 Å². The Morgan fingerprint density at radius 2 is 2.00 bits per heavy atom. The van der Waals surface area contributed by atoms with E-state index in [1.807, 2.05) is 18.0 Å². The van der Waals surface area contributed by atoms with Crippen LogP contribution in [0.4, 0.5) is 8.78 Å². The highest BCUT2D eigenvalue weighted by atomic mass is 19.2. The van der Waals surface area contributed by atoms with Gasteiger partial charge in [-0.05, 0) is 56.0 Å². The highest BCUT2D eigenvalue weighted by Crippen LogP contribution is 2.28. The topological polar surface area (TPSA) is 23.5 Å². The third kappa shape index (κ3) is 6.40. The molecule has 4 heteroatoms. The quantitative estimate of drug-likeness (QED) is 0.814. The van der Waals surface area contributed by atoms with E-state index in [1.54, 1.807) is 0 Å². The van der Waals surface area contributed by atoms with Gasteiger partial charge in [0, 0.05) is 6.04 Å². The highest BCUT2D eigenvalue weighted by molar-refractivity contribution is 5.21. The molecule has 0 aromatic heterocycles. The Morgan fingerprint density at radius 3 is 2.39 bits per heavy atom. The molecule has 2 rings (SSSR count). The number of hydrogen-bond acceptors (Lipinski definition) is 2. The van der Waals surface area contributed by atoms with Crippen molar-refractivity contribution in [2.45, 2.75) is 52.2 Å². The van der Waals surface area contributed by atoms with Gasteiger partial charge in [-0.2, -0.15) is 0 Å². The van der Waals surface area contributed by atoms with E-state index in [-0.39, 0.29) is 6.04 Å². The van der Waals surface area contributed by atoms with Crippen molar-refractivity contribution in [3.63, 3.8) is 0 Å². The van der Waals surface area contributed by atoms with Crippen LogP contribution in [0, 0.1) is 17.0 Å². The van der Waals surface area contributed by atoms with E-state index in [9.17, 15) is 13.9 Å². The van der Waals surface area contributed by atoms with Gasteiger partial charge in [0.1, 0.15) is 0 Å². The molecule has 1 aliphatic rings. The summed E-state index contributed by atoms with van der Waals surface area (Å²) in [6.07, 6.45) is 4.23. The van der Waals surface area contributed by atoms with E-state index >= 15 is 0 Å². The average molecular weight is 325 g/mol. The zero-order valence-electron chi connectivity index (χ0n) is 14.6. The first-order chi connectivity index (χ1) is 10.7. The van der Waals surface area contributed by atoms with Gasteiger partial charge >= 0.3 is 0 Å². The summed E-state index contributed by atoms with van der Waals surface area (Å²) in [5.74, 6) is -1.78. The summed E-state index contributed by atoms with van der Waals surface area (Å²) < 4.78 is 25.8. The first kappa shape index (κ1) is 19.8. The molecule has 1 heterocycles. The third-order valence-corrected chi connectivity index (χ3v) is 3.98. The molecule has 1 aromatic carbocycles. The molecule has 0 radical (unpaired) electrons. The highest BCUT2D eigenvalue weighted by Gasteiger charge is 2.29. The van der Waals surface area contributed by atoms with Crippen molar-refractivity contribution in [2.75, 3.05) is 13.6 Å². The van der Waals surface area contributed by atoms with Crippen molar-refractivity contribution in [1.29, 1.82) is 0 Å². The van der Waals surface area contributed by atoms with Gasteiger partial charge in [-0.25, -0.2) is 8.78 Å². The number of hydrogen-bond donors (Lipinski definition) is 1. The number of halogens is 2. The van der Waals surface area contributed by atoms with E-state index in [2.05, 4.69) is 27.4 Å². The standard InChI is InChI=1S/C12H15F2NO.C7H14/c1-15-6-2-3-11(15)12(16)8-4-5-9(13)10(14)7-8;1-5-6-7(2,3)4/h4-5,7,11-12,16H,2-3,6H2,1H3;5H,1,6H2,2-4H3. The van der Waals surface area contributed by atoms with Gasteiger partial charge in [0.15, 0.2) is 11.6 Å². The van der Waals surface area contributed by atoms with Gasteiger partial charge in [-0.1, -0.05) is 32.9 Å². The summed E-state index contributed by atoms with van der Waals surface area (Å²) in [6.45, 7) is 11.2. The van der Waals surface area contributed by atoms with Crippen LogP contribution in [-0.4, -0.2) is 29.6 Å². The normalized spacial score (nSPS) is 19.9. The third-order valence-electron chi connectivity index (χ3n) is 3.98. The Kier molecular flexibility index (Phi) is 7.36. The molecule has 1 N–H and O–H groups in total. The molecule has 0 saturated carbocycles. The molecule has 2 unspecified atom stereocenters. The number of rotatable bonds is 3. The van der Waals surface area contributed by atoms with Crippen LogP contribution in [0.1, 0.15) is 51.7 Å². The number of benzene rings is 1. The monoisotopic (exact) mass is 325 g/mol. The molecule has 23 heavy (non-hydrogen) atoms. The maximum Gasteiger partial charge on any atom is 0.159 e. The molecule has 1 fully saturated rings. The predicted octanol–water partition coefficient (Wildman–Crippen LogP) is 4.70. The summed E-state index contributed by atoms with van der Waals surface area (Å²) in [4.78, 5) is 2.05. The number of nitrogens with zero attached hydrogens (tertiary/aromatic N) is 1. The maximum atomic E-state index is 13.0. The fraction of sp³-hybridized carbons (Fsp3) is 0.579. The van der Waals surface area contributed by atoms with Crippen molar-refractivity contribution in [3.05, 3.63) is 48.1 Å². The van der Waals surface area contributed by atoms with Gasteiger partial charge in [0.25, 0.3) is 0 Å². The first-order valence-corrected chi connectivity index (χ1v) is 8.10. The van der Waals surface area contributed by atoms with Crippen molar-refractivity contribution in [2.24, 2.45) is 5.41 Å². The summed E-state index contributed by atoms with van der Waals surface area (Å²) in [6, 6.07) is 3.58. The largest absolute Gasteiger partial charge is 0.387 e. The zero-order chi connectivity index (χ0) is 17.6. The van der Waals surface area contributed by atoms with Gasteiger partial charge < -0.3 is 10.0 Å². The Morgan fingerprint density at radius 1 is 1.35 bits per heavy atom. The van der Waals surface area contributed by atoms with E-state index in [1.165, 1.54) is 6.07 Å². The second-order valence-corrected chi connectivity index (χ2v) is 7.36. The van der Waals surface area contributed by atoms with E-state index in [0.717, 1.165) is 37.9 Å². The molecule has 1 aromatic rings. The summed E-state index contributed by atoms with van der Waals surface area (Å²) in [5.41, 5.74) is 0.875. The van der Waals surface area contributed by atoms with Gasteiger partial charge in [-0.15, -0.1) is 6.58 Å². The Hall–Kier alpha value is -1.26. The zero-order valence-corrected chi connectivity index (χ0v) is 14.6. The molecule has 2 atom stereocenters. The second kappa shape index (κ2) is 8.55. The van der Waals surface area contributed by atoms with E-state index in [0.29, 0.717) is 11.0 Å². The molecule has 1 aliphatic heterocycles. The minimum atomic E-state index is -0.905. The summed E-state index contributed by atoms with van der Waals surface area (Å²) in [5, 5.41) is 10.1. The lowest BCUT2D eigenvalue weighted by Gasteiger charge is -2.25. The van der Waals surface area contributed by atoms with Gasteiger partial charge in [-0.3, -0.25) is 0 Å². The Bertz CT molecular complexity index is 511. The molecule has 0 spiro atoms. The lowest BCUT2D eigenvalue weighted by molar-refractivity contribution is 0.0853. The van der Waals surface area contributed by atoms with Gasteiger partial charge in [0.2, 0.25) is 0 Å². The molecule has 0 bridgehead atoms. The van der Waals surface area contributed by atoms with Crippen molar-refractivity contribution >= 4 is 0 Å². The van der Waals surface area contributed by atoms with Crippen molar-refractivity contribution in [3.8, 4) is 0 Å². The lowest BCUT2D eigenvalue weighted by atomic mass is 9.93.